The minimum absolute atomic E-state index is 0.0968. The number of rotatable bonds is 2. The predicted molar refractivity (Wildman–Crippen MR) is 178 cm³/mol. The second kappa shape index (κ2) is 8.57. The van der Waals surface area contributed by atoms with Crippen LogP contribution >= 0.6 is 0 Å². The van der Waals surface area contributed by atoms with Crippen molar-refractivity contribution in [3.8, 4) is 16.8 Å². The Hall–Kier alpha value is -4.88. The van der Waals surface area contributed by atoms with E-state index in [0.717, 1.165) is 0 Å². The second-order valence-electron chi connectivity index (χ2n) is 12.6. The molecule has 5 aromatic carbocycles. The lowest BCUT2D eigenvalue weighted by Gasteiger charge is -2.23. The van der Waals surface area contributed by atoms with Crippen LogP contribution in [0, 0.1) is 11.8 Å². The molecule has 6 aromatic rings. The van der Waals surface area contributed by atoms with Crippen LogP contribution in [0.15, 0.2) is 140 Å². The van der Waals surface area contributed by atoms with Crippen LogP contribution in [0.3, 0.4) is 0 Å². The molecule has 1 heteroatoms. The van der Waals surface area contributed by atoms with Gasteiger partial charge in [0.15, 0.2) is 0 Å². The summed E-state index contributed by atoms with van der Waals surface area (Å²) in [5.74, 6) is 0.877. The van der Waals surface area contributed by atoms with Gasteiger partial charge in [0, 0.05) is 33.7 Å². The van der Waals surface area contributed by atoms with Crippen molar-refractivity contribution >= 4 is 38.2 Å². The van der Waals surface area contributed by atoms with Crippen molar-refractivity contribution < 1.29 is 0 Å². The zero-order chi connectivity index (χ0) is 28.0. The van der Waals surface area contributed by atoms with Gasteiger partial charge in [0.1, 0.15) is 0 Å². The van der Waals surface area contributed by atoms with Gasteiger partial charge in [-0.25, -0.2) is 0 Å². The van der Waals surface area contributed by atoms with Crippen LogP contribution < -0.4 is 0 Å². The Labute approximate surface area is 246 Å². The van der Waals surface area contributed by atoms with Crippen LogP contribution in [-0.4, -0.2) is 4.57 Å². The van der Waals surface area contributed by atoms with Gasteiger partial charge in [0.05, 0.1) is 11.0 Å². The smallest absolute Gasteiger partial charge is 0.0544 e. The van der Waals surface area contributed by atoms with E-state index in [1.807, 2.05) is 0 Å². The predicted octanol–water partition coefficient (Wildman–Crippen LogP) is 10.6. The molecule has 0 radical (unpaired) electrons. The van der Waals surface area contributed by atoms with Crippen molar-refractivity contribution in [3.05, 3.63) is 156 Å². The quantitative estimate of drug-likeness (QED) is 0.207. The lowest BCUT2D eigenvalue weighted by molar-refractivity contribution is 0.663. The summed E-state index contributed by atoms with van der Waals surface area (Å²) in [6.07, 6.45) is 16.1. The lowest BCUT2D eigenvalue weighted by Crippen LogP contribution is -2.15. The Balaban J connectivity index is 1.35. The van der Waals surface area contributed by atoms with Gasteiger partial charge < -0.3 is 4.57 Å². The fourth-order valence-corrected chi connectivity index (χ4v) is 7.83. The van der Waals surface area contributed by atoms with Crippen molar-refractivity contribution in [2.75, 3.05) is 0 Å². The molecule has 2 unspecified atom stereocenters. The standard InChI is InChI=1S/C41H31N/c1-41(2)36-14-8-7-13-33(36)34-20-22-38-39(40(34)41)35-25-31(30-16-15-26-9-3-5-11-28(26)23-30)18-21-37(35)42(38)32-19-17-27-10-4-6-12-29(27)24-32/h3-26,28H,1-2H3. The summed E-state index contributed by atoms with van der Waals surface area (Å²) in [4.78, 5) is 0. The summed E-state index contributed by atoms with van der Waals surface area (Å²) in [6, 6.07) is 36.3. The lowest BCUT2D eigenvalue weighted by atomic mass is 9.80. The number of aromatic nitrogens is 1. The molecular weight excluding hydrogens is 506 g/mol. The summed E-state index contributed by atoms with van der Waals surface area (Å²) in [5, 5.41) is 5.22. The maximum absolute atomic E-state index is 2.48. The van der Waals surface area contributed by atoms with E-state index in [2.05, 4.69) is 158 Å². The third-order valence-electron chi connectivity index (χ3n) is 9.86. The van der Waals surface area contributed by atoms with Crippen molar-refractivity contribution in [1.82, 2.24) is 4.57 Å². The van der Waals surface area contributed by atoms with Crippen LogP contribution in [0.25, 0.3) is 55.0 Å². The van der Waals surface area contributed by atoms with Gasteiger partial charge in [-0.1, -0.05) is 123 Å². The van der Waals surface area contributed by atoms with Crippen molar-refractivity contribution in [2.45, 2.75) is 19.3 Å². The molecule has 3 aliphatic carbocycles. The number of hydrogen-bond donors (Lipinski definition) is 0. The first-order valence-electron chi connectivity index (χ1n) is 15.0. The van der Waals surface area contributed by atoms with Gasteiger partial charge in [0.2, 0.25) is 0 Å². The highest BCUT2D eigenvalue weighted by Gasteiger charge is 2.38. The van der Waals surface area contributed by atoms with E-state index < -0.39 is 0 Å². The summed E-state index contributed by atoms with van der Waals surface area (Å²) in [5.41, 5.74) is 11.8. The van der Waals surface area contributed by atoms with E-state index in [4.69, 9.17) is 0 Å². The number of fused-ring (bicyclic) bond motifs is 9. The summed E-state index contributed by atoms with van der Waals surface area (Å²) in [6.45, 7) is 4.80. The topological polar surface area (TPSA) is 4.93 Å². The highest BCUT2D eigenvalue weighted by Crippen LogP contribution is 2.53. The molecule has 0 saturated carbocycles. The summed E-state index contributed by atoms with van der Waals surface area (Å²) < 4.78 is 2.48. The van der Waals surface area contributed by atoms with E-state index in [9.17, 15) is 0 Å². The van der Waals surface area contributed by atoms with Crippen LogP contribution in [0.2, 0.25) is 0 Å². The molecular formula is C41H31N. The molecule has 1 aromatic heterocycles. The SMILES string of the molecule is CC1(C)c2ccccc2-c2ccc3c(c21)c1cc(C2=CC4C=CC=CC4C=C2)ccc1n3-c1ccc2ccccc2c1. The summed E-state index contributed by atoms with van der Waals surface area (Å²) in [7, 11) is 0. The zero-order valence-corrected chi connectivity index (χ0v) is 23.9. The molecule has 0 N–H and O–H groups in total. The molecule has 1 nitrogen and oxygen atoms in total. The highest BCUT2D eigenvalue weighted by atomic mass is 15.0. The maximum atomic E-state index is 2.48. The molecule has 1 heterocycles. The minimum atomic E-state index is -0.0968. The monoisotopic (exact) mass is 537 g/mol. The molecule has 9 rings (SSSR count). The third-order valence-corrected chi connectivity index (χ3v) is 9.86. The number of nitrogens with zero attached hydrogens (tertiary/aromatic N) is 1. The molecule has 0 bridgehead atoms. The molecule has 0 fully saturated rings. The first-order valence-corrected chi connectivity index (χ1v) is 15.0. The van der Waals surface area contributed by atoms with Crippen molar-refractivity contribution in [1.29, 1.82) is 0 Å². The molecule has 200 valence electrons. The number of benzene rings is 5. The normalized spacial score (nSPS) is 19.7. The summed E-state index contributed by atoms with van der Waals surface area (Å²) >= 11 is 0. The molecule has 0 aliphatic heterocycles. The minimum Gasteiger partial charge on any atom is -0.309 e. The Morgan fingerprint density at radius 3 is 2.33 bits per heavy atom. The van der Waals surface area contributed by atoms with E-state index in [0.29, 0.717) is 11.8 Å². The van der Waals surface area contributed by atoms with Gasteiger partial charge in [-0.05, 0) is 74.5 Å². The zero-order valence-electron chi connectivity index (χ0n) is 23.9. The Morgan fingerprint density at radius 2 is 1.43 bits per heavy atom. The fraction of sp³-hybridized carbons (Fsp3) is 0.122. The largest absolute Gasteiger partial charge is 0.309 e. The van der Waals surface area contributed by atoms with E-state index in [1.54, 1.807) is 0 Å². The van der Waals surface area contributed by atoms with Gasteiger partial charge in [-0.3, -0.25) is 0 Å². The second-order valence-corrected chi connectivity index (χ2v) is 12.6. The fourth-order valence-electron chi connectivity index (χ4n) is 7.83. The highest BCUT2D eigenvalue weighted by molar-refractivity contribution is 6.15. The maximum Gasteiger partial charge on any atom is 0.0544 e. The average Bonchev–Trinajstić information content (AvgIpc) is 3.49. The van der Waals surface area contributed by atoms with Gasteiger partial charge in [-0.15, -0.1) is 0 Å². The molecule has 0 saturated heterocycles. The Bertz CT molecular complexity index is 2230. The first kappa shape index (κ1) is 23.8. The van der Waals surface area contributed by atoms with Crippen LogP contribution in [-0.2, 0) is 5.41 Å². The van der Waals surface area contributed by atoms with E-state index in [1.165, 1.54) is 71.7 Å². The van der Waals surface area contributed by atoms with Crippen molar-refractivity contribution in [3.63, 3.8) is 0 Å². The van der Waals surface area contributed by atoms with Gasteiger partial charge >= 0.3 is 0 Å². The average molecular weight is 538 g/mol. The number of hydrogen-bond acceptors (Lipinski definition) is 0. The van der Waals surface area contributed by atoms with E-state index >= 15 is 0 Å². The molecule has 42 heavy (non-hydrogen) atoms. The molecule has 0 amide bonds. The van der Waals surface area contributed by atoms with Crippen LogP contribution in [0.4, 0.5) is 0 Å². The van der Waals surface area contributed by atoms with Gasteiger partial charge in [-0.2, -0.15) is 0 Å². The first-order chi connectivity index (χ1) is 20.6. The number of allylic oxidation sites excluding steroid dienone is 8. The van der Waals surface area contributed by atoms with Crippen LogP contribution in [0.5, 0.6) is 0 Å². The Kier molecular flexibility index (Phi) is 4.85. The van der Waals surface area contributed by atoms with Crippen molar-refractivity contribution in [2.24, 2.45) is 11.8 Å². The third kappa shape index (κ3) is 3.25. The molecule has 0 spiro atoms. The molecule has 2 atom stereocenters. The Morgan fingerprint density at radius 1 is 0.643 bits per heavy atom. The van der Waals surface area contributed by atoms with Gasteiger partial charge in [0.25, 0.3) is 0 Å². The van der Waals surface area contributed by atoms with E-state index in [-0.39, 0.29) is 5.41 Å². The van der Waals surface area contributed by atoms with Crippen LogP contribution in [0.1, 0.15) is 30.5 Å². The molecule has 3 aliphatic rings.